The summed E-state index contributed by atoms with van der Waals surface area (Å²) in [6, 6.07) is 15.7. The second kappa shape index (κ2) is 9.53. The number of allylic oxidation sites excluding steroid dienone is 2. The monoisotopic (exact) mass is 414 g/mol. The van der Waals surface area contributed by atoms with Crippen LogP contribution in [-0.2, 0) is 13.0 Å². The molecule has 3 heterocycles. The number of ether oxygens (including phenoxy) is 1. The van der Waals surface area contributed by atoms with Gasteiger partial charge in [-0.05, 0) is 63.1 Å². The highest BCUT2D eigenvalue weighted by Crippen LogP contribution is 2.33. The fraction of sp³-hybridized carbons (Fsp3) is 0.240. The highest BCUT2D eigenvalue weighted by molar-refractivity contribution is 5.90. The first-order valence-corrected chi connectivity index (χ1v) is 10.5. The predicted molar refractivity (Wildman–Crippen MR) is 122 cm³/mol. The van der Waals surface area contributed by atoms with Gasteiger partial charge in [0.25, 0.3) is 0 Å². The van der Waals surface area contributed by atoms with E-state index in [9.17, 15) is 5.11 Å². The van der Waals surface area contributed by atoms with Crippen molar-refractivity contribution in [3.05, 3.63) is 78.3 Å². The van der Waals surface area contributed by atoms with Gasteiger partial charge in [-0.3, -0.25) is 4.98 Å². The van der Waals surface area contributed by atoms with E-state index >= 15 is 0 Å². The molecule has 0 aliphatic rings. The summed E-state index contributed by atoms with van der Waals surface area (Å²) in [7, 11) is 0. The second-order valence-corrected chi connectivity index (χ2v) is 7.16. The molecule has 0 radical (unpaired) electrons. The van der Waals surface area contributed by atoms with Crippen molar-refractivity contribution in [2.24, 2.45) is 0 Å². The maximum absolute atomic E-state index is 9.46. The van der Waals surface area contributed by atoms with Crippen LogP contribution in [0.1, 0.15) is 31.7 Å². The molecule has 6 heteroatoms. The van der Waals surface area contributed by atoms with Gasteiger partial charge in [-0.15, -0.1) is 0 Å². The van der Waals surface area contributed by atoms with E-state index in [-0.39, 0.29) is 6.61 Å². The molecule has 0 aliphatic heterocycles. The van der Waals surface area contributed by atoms with Crippen LogP contribution >= 0.6 is 0 Å². The second-order valence-electron chi connectivity index (χ2n) is 7.16. The average molecular weight is 415 g/mol. The molecule has 0 aliphatic carbocycles. The smallest absolute Gasteiger partial charge is 0.154 e. The summed E-state index contributed by atoms with van der Waals surface area (Å²) >= 11 is 0. The molecule has 4 rings (SSSR count). The first kappa shape index (κ1) is 20.8. The van der Waals surface area contributed by atoms with E-state index < -0.39 is 0 Å². The van der Waals surface area contributed by atoms with Gasteiger partial charge in [0.15, 0.2) is 5.82 Å². The van der Waals surface area contributed by atoms with Crippen LogP contribution in [0.5, 0.6) is 5.75 Å². The lowest BCUT2D eigenvalue weighted by Crippen LogP contribution is -2.02. The number of pyridine rings is 2. The first-order chi connectivity index (χ1) is 15.2. The van der Waals surface area contributed by atoms with E-state index in [0.717, 1.165) is 46.4 Å². The molecular weight excluding hydrogens is 388 g/mol. The Morgan fingerprint density at radius 1 is 1.06 bits per heavy atom. The lowest BCUT2D eigenvalue weighted by Gasteiger charge is -2.11. The number of aryl methyl sites for hydroxylation is 1. The van der Waals surface area contributed by atoms with Crippen LogP contribution in [0.15, 0.2) is 66.9 Å². The van der Waals surface area contributed by atoms with Gasteiger partial charge < -0.3 is 9.84 Å². The van der Waals surface area contributed by atoms with Gasteiger partial charge in [-0.1, -0.05) is 24.3 Å². The molecule has 6 nitrogen and oxygen atoms in total. The highest BCUT2D eigenvalue weighted by atomic mass is 16.5. The number of aliphatic hydroxyl groups excluding tert-OH is 1. The molecule has 0 saturated heterocycles. The Bertz CT molecular complexity index is 1210. The number of nitrogens with zero attached hydrogens (tertiary/aromatic N) is 4. The Hall–Kier alpha value is -3.51. The zero-order chi connectivity index (χ0) is 21.6. The van der Waals surface area contributed by atoms with E-state index in [2.05, 4.69) is 34.4 Å². The zero-order valence-corrected chi connectivity index (χ0v) is 17.8. The van der Waals surface area contributed by atoms with E-state index in [4.69, 9.17) is 9.72 Å². The molecule has 0 amide bonds. The summed E-state index contributed by atoms with van der Waals surface area (Å²) in [5.41, 5.74) is 4.39. The molecule has 1 N–H and O–H groups in total. The Kier molecular flexibility index (Phi) is 6.38. The van der Waals surface area contributed by atoms with Crippen molar-refractivity contribution in [1.29, 1.82) is 0 Å². The summed E-state index contributed by atoms with van der Waals surface area (Å²) in [6.45, 7) is 4.43. The summed E-state index contributed by atoms with van der Waals surface area (Å²) in [5.74, 6) is 1.41. The van der Waals surface area contributed by atoms with Crippen LogP contribution in [0.4, 0.5) is 0 Å². The van der Waals surface area contributed by atoms with Crippen molar-refractivity contribution in [3.63, 3.8) is 0 Å². The number of fused-ring (bicyclic) bond motifs is 1. The molecule has 3 aromatic heterocycles. The Balaban J connectivity index is 1.82. The Labute approximate surface area is 181 Å². The van der Waals surface area contributed by atoms with Gasteiger partial charge in [-0.2, -0.15) is 5.10 Å². The molecule has 1 aromatic carbocycles. The van der Waals surface area contributed by atoms with Crippen LogP contribution in [0, 0.1) is 0 Å². The van der Waals surface area contributed by atoms with Gasteiger partial charge >= 0.3 is 0 Å². The zero-order valence-electron chi connectivity index (χ0n) is 17.8. The third-order valence-electron chi connectivity index (χ3n) is 5.03. The SMILES string of the molecule is CC=CCCc1cccc(-c2cc(OCC)c3cnn(-c4cccc(CO)n4)c3c2)n1. The predicted octanol–water partition coefficient (Wildman–Crippen LogP) is 4.88. The molecule has 0 bridgehead atoms. The van der Waals surface area contributed by atoms with Gasteiger partial charge in [0, 0.05) is 11.3 Å². The fourth-order valence-electron chi connectivity index (χ4n) is 3.55. The molecule has 0 unspecified atom stereocenters. The topological polar surface area (TPSA) is 73.1 Å². The molecule has 31 heavy (non-hydrogen) atoms. The molecule has 0 atom stereocenters. The third-order valence-corrected chi connectivity index (χ3v) is 5.03. The molecule has 0 fully saturated rings. The van der Waals surface area contributed by atoms with Crippen molar-refractivity contribution in [3.8, 4) is 22.8 Å². The van der Waals surface area contributed by atoms with Crippen molar-refractivity contribution < 1.29 is 9.84 Å². The lowest BCUT2D eigenvalue weighted by molar-refractivity contribution is 0.276. The van der Waals surface area contributed by atoms with E-state index in [1.807, 2.05) is 44.2 Å². The molecule has 0 saturated carbocycles. The van der Waals surface area contributed by atoms with E-state index in [1.165, 1.54) is 0 Å². The maximum Gasteiger partial charge on any atom is 0.154 e. The standard InChI is InChI=1S/C25H26N4O2/c1-3-5-6-9-19-10-7-12-22(27-19)18-14-23-21(24(15-18)31-4-2)16-26-29(23)25-13-8-11-20(17-30)28-25/h3,5,7-8,10-16,30H,4,6,9,17H2,1-2H3. The quantitative estimate of drug-likeness (QED) is 0.416. The van der Waals surface area contributed by atoms with Crippen molar-refractivity contribution in [2.45, 2.75) is 33.3 Å². The third kappa shape index (κ3) is 4.49. The summed E-state index contributed by atoms with van der Waals surface area (Å²) in [5, 5.41) is 14.9. The minimum Gasteiger partial charge on any atom is -0.493 e. The van der Waals surface area contributed by atoms with Crippen LogP contribution in [0.25, 0.3) is 28.0 Å². The highest BCUT2D eigenvalue weighted by Gasteiger charge is 2.14. The Morgan fingerprint density at radius 2 is 1.90 bits per heavy atom. The van der Waals surface area contributed by atoms with Crippen LogP contribution in [0.2, 0.25) is 0 Å². The van der Waals surface area contributed by atoms with Crippen LogP contribution < -0.4 is 4.74 Å². The number of benzene rings is 1. The van der Waals surface area contributed by atoms with Gasteiger partial charge in [-0.25, -0.2) is 9.67 Å². The average Bonchev–Trinajstić information content (AvgIpc) is 3.24. The van der Waals surface area contributed by atoms with Crippen molar-refractivity contribution in [1.82, 2.24) is 19.7 Å². The van der Waals surface area contributed by atoms with E-state index in [0.29, 0.717) is 18.1 Å². The summed E-state index contributed by atoms with van der Waals surface area (Å²) in [6.07, 6.45) is 7.87. The number of rotatable bonds is 8. The maximum atomic E-state index is 9.46. The summed E-state index contributed by atoms with van der Waals surface area (Å²) < 4.78 is 7.71. The molecule has 0 spiro atoms. The fourth-order valence-corrected chi connectivity index (χ4v) is 3.55. The number of aromatic nitrogens is 4. The van der Waals surface area contributed by atoms with Crippen molar-refractivity contribution >= 4 is 10.9 Å². The van der Waals surface area contributed by atoms with Gasteiger partial charge in [0.2, 0.25) is 0 Å². The van der Waals surface area contributed by atoms with E-state index in [1.54, 1.807) is 16.9 Å². The number of hydrogen-bond acceptors (Lipinski definition) is 5. The minimum absolute atomic E-state index is 0.119. The molecular formula is C25H26N4O2. The van der Waals surface area contributed by atoms with Gasteiger partial charge in [0.05, 0.1) is 41.7 Å². The Morgan fingerprint density at radius 3 is 2.71 bits per heavy atom. The first-order valence-electron chi connectivity index (χ1n) is 10.5. The largest absolute Gasteiger partial charge is 0.493 e. The molecule has 4 aromatic rings. The van der Waals surface area contributed by atoms with Crippen LogP contribution in [-0.4, -0.2) is 31.5 Å². The number of aliphatic hydroxyl groups is 1. The van der Waals surface area contributed by atoms with Gasteiger partial charge in [0.1, 0.15) is 5.75 Å². The normalized spacial score (nSPS) is 11.5. The number of hydrogen-bond donors (Lipinski definition) is 1. The lowest BCUT2D eigenvalue weighted by atomic mass is 10.1. The minimum atomic E-state index is -0.119. The van der Waals surface area contributed by atoms with Crippen LogP contribution in [0.3, 0.4) is 0 Å². The van der Waals surface area contributed by atoms with Crippen molar-refractivity contribution in [2.75, 3.05) is 6.61 Å². The summed E-state index contributed by atoms with van der Waals surface area (Å²) in [4.78, 5) is 9.37. The molecule has 158 valence electrons.